The highest BCUT2D eigenvalue weighted by atomic mass is 31.1. The smallest absolute Gasteiger partial charge is 0.367 e. The summed E-state index contributed by atoms with van der Waals surface area (Å²) < 4.78 is 45.1. The molecule has 0 aliphatic carbocycles. The lowest BCUT2D eigenvalue weighted by molar-refractivity contribution is -0.110. The third-order valence-electron chi connectivity index (χ3n) is 5.17. The molecular weight excluding hydrogens is 442 g/mol. The average molecular weight is 466 g/mol. The Bertz CT molecular complexity index is 1120. The highest BCUT2D eigenvalue weighted by Crippen LogP contribution is 2.42. The first kappa shape index (κ1) is 22.4. The SMILES string of the molecule is CNc1nc(NC)c2ncn([C@@H]3O[C@](C)(CO[PH](=O)Oc4ccccc4)[C@@H](O)[C@H]3F)c2n1. The minimum atomic E-state index is -2.95. The van der Waals surface area contributed by atoms with Crippen LogP contribution in [0.2, 0.25) is 0 Å². The minimum Gasteiger partial charge on any atom is -0.426 e. The summed E-state index contributed by atoms with van der Waals surface area (Å²) in [5.41, 5.74) is -0.742. The van der Waals surface area contributed by atoms with E-state index in [-0.39, 0.29) is 6.61 Å². The van der Waals surface area contributed by atoms with E-state index in [1.54, 1.807) is 44.4 Å². The van der Waals surface area contributed by atoms with Gasteiger partial charge in [0.2, 0.25) is 5.95 Å². The minimum absolute atomic E-state index is 0.306. The fraction of sp³-hybridized carbons (Fsp3) is 0.421. The molecule has 172 valence electrons. The van der Waals surface area contributed by atoms with Gasteiger partial charge in [-0.2, -0.15) is 9.97 Å². The van der Waals surface area contributed by atoms with Crippen LogP contribution >= 0.6 is 8.25 Å². The monoisotopic (exact) mass is 466 g/mol. The molecule has 32 heavy (non-hydrogen) atoms. The number of para-hydroxylation sites is 1. The van der Waals surface area contributed by atoms with Gasteiger partial charge in [-0.25, -0.2) is 13.9 Å². The summed E-state index contributed by atoms with van der Waals surface area (Å²) in [6, 6.07) is 8.51. The molecule has 0 spiro atoms. The van der Waals surface area contributed by atoms with Crippen LogP contribution in [0.5, 0.6) is 5.75 Å². The fourth-order valence-corrected chi connectivity index (χ4v) is 4.23. The van der Waals surface area contributed by atoms with Crippen LogP contribution in [0.1, 0.15) is 13.2 Å². The van der Waals surface area contributed by atoms with E-state index >= 15 is 4.39 Å². The number of nitrogens with zero attached hydrogens (tertiary/aromatic N) is 4. The van der Waals surface area contributed by atoms with Gasteiger partial charge < -0.3 is 25.0 Å². The predicted molar refractivity (Wildman–Crippen MR) is 116 cm³/mol. The Kier molecular flexibility index (Phi) is 6.29. The zero-order chi connectivity index (χ0) is 22.9. The summed E-state index contributed by atoms with van der Waals surface area (Å²) in [7, 11) is 0.389. The van der Waals surface area contributed by atoms with Crippen molar-refractivity contribution in [2.45, 2.75) is 31.0 Å². The van der Waals surface area contributed by atoms with Crippen molar-refractivity contribution >= 4 is 31.2 Å². The first-order chi connectivity index (χ1) is 15.4. The van der Waals surface area contributed by atoms with Gasteiger partial charge in [0.15, 0.2) is 29.4 Å². The third kappa shape index (κ3) is 4.14. The van der Waals surface area contributed by atoms with Crippen molar-refractivity contribution in [1.82, 2.24) is 19.5 Å². The maximum absolute atomic E-state index is 15.1. The van der Waals surface area contributed by atoms with Gasteiger partial charge in [0.25, 0.3) is 0 Å². The molecule has 1 aliphatic rings. The standard InChI is InChI=1S/C19H24FN6O5P/c1-19(9-29-32(28)31-11-7-5-4-6-8-11)14(27)12(20)17(30-19)26-10-23-13-15(21-2)24-18(22-3)25-16(13)26/h4-8,10,12,14,17,27,32H,9H2,1-3H3,(H2,21,22,24,25)/t12-,14+,17-,19-/m1/s1. The maximum atomic E-state index is 15.1. The number of imidazole rings is 1. The first-order valence-corrected chi connectivity index (χ1v) is 11.1. The molecule has 0 amide bonds. The lowest BCUT2D eigenvalue weighted by Crippen LogP contribution is -2.42. The summed E-state index contributed by atoms with van der Waals surface area (Å²) >= 11 is 0. The zero-order valence-electron chi connectivity index (χ0n) is 17.7. The summed E-state index contributed by atoms with van der Waals surface area (Å²) in [4.78, 5) is 12.9. The van der Waals surface area contributed by atoms with Crippen molar-refractivity contribution in [3.05, 3.63) is 36.7 Å². The Morgan fingerprint density at radius 1 is 1.28 bits per heavy atom. The molecule has 3 N–H and O–H groups in total. The van der Waals surface area contributed by atoms with Crippen molar-refractivity contribution in [2.24, 2.45) is 0 Å². The van der Waals surface area contributed by atoms with Crippen molar-refractivity contribution in [3.8, 4) is 5.75 Å². The van der Waals surface area contributed by atoms with Crippen LogP contribution in [0.25, 0.3) is 11.2 Å². The van der Waals surface area contributed by atoms with Gasteiger partial charge in [-0.3, -0.25) is 9.09 Å². The van der Waals surface area contributed by atoms with Crippen LogP contribution in [0, 0.1) is 0 Å². The topological polar surface area (TPSA) is 133 Å². The highest BCUT2D eigenvalue weighted by molar-refractivity contribution is 7.33. The van der Waals surface area contributed by atoms with E-state index < -0.39 is 32.4 Å². The number of fused-ring (bicyclic) bond motifs is 1. The second-order valence-corrected chi connectivity index (χ2v) is 8.38. The van der Waals surface area contributed by atoms with E-state index in [4.69, 9.17) is 13.8 Å². The van der Waals surface area contributed by atoms with E-state index in [0.29, 0.717) is 28.7 Å². The second-order valence-electron chi connectivity index (χ2n) is 7.38. The van der Waals surface area contributed by atoms with Crippen LogP contribution in [-0.2, 0) is 13.8 Å². The Morgan fingerprint density at radius 3 is 2.72 bits per heavy atom. The van der Waals surface area contributed by atoms with Gasteiger partial charge in [0.05, 0.1) is 12.9 Å². The number of aromatic nitrogens is 4. The van der Waals surface area contributed by atoms with Crippen molar-refractivity contribution in [3.63, 3.8) is 0 Å². The van der Waals surface area contributed by atoms with Crippen LogP contribution in [0.3, 0.4) is 0 Å². The van der Waals surface area contributed by atoms with Crippen LogP contribution in [0.15, 0.2) is 36.7 Å². The van der Waals surface area contributed by atoms with Gasteiger partial charge >= 0.3 is 8.25 Å². The molecule has 1 unspecified atom stereocenters. The molecule has 1 aliphatic heterocycles. The Labute approximate surface area is 183 Å². The van der Waals surface area contributed by atoms with Gasteiger partial charge in [-0.05, 0) is 19.1 Å². The van der Waals surface area contributed by atoms with Crippen LogP contribution < -0.4 is 15.2 Å². The Morgan fingerprint density at radius 2 is 2.03 bits per heavy atom. The molecule has 1 saturated heterocycles. The van der Waals surface area contributed by atoms with Gasteiger partial charge in [-0.1, -0.05) is 18.2 Å². The van der Waals surface area contributed by atoms with E-state index in [0.717, 1.165) is 0 Å². The van der Waals surface area contributed by atoms with E-state index in [2.05, 4.69) is 25.6 Å². The molecule has 4 rings (SSSR count). The van der Waals surface area contributed by atoms with E-state index in [1.807, 2.05) is 0 Å². The number of rotatable bonds is 8. The van der Waals surface area contributed by atoms with Gasteiger partial charge in [0.1, 0.15) is 17.5 Å². The lowest BCUT2D eigenvalue weighted by Gasteiger charge is -2.26. The Balaban J connectivity index is 1.53. The van der Waals surface area contributed by atoms with Gasteiger partial charge in [0, 0.05) is 14.1 Å². The first-order valence-electron chi connectivity index (χ1n) is 9.86. The number of benzene rings is 1. The quantitative estimate of drug-likeness (QED) is 0.425. The molecule has 0 saturated carbocycles. The van der Waals surface area contributed by atoms with Crippen molar-refractivity contribution in [1.29, 1.82) is 0 Å². The number of hydrogen-bond acceptors (Lipinski definition) is 10. The van der Waals surface area contributed by atoms with E-state index in [1.165, 1.54) is 17.8 Å². The second kappa shape index (κ2) is 8.99. The summed E-state index contributed by atoms with van der Waals surface area (Å²) in [5.74, 6) is 1.14. The number of hydrogen-bond donors (Lipinski definition) is 3. The molecule has 1 aromatic carbocycles. The highest BCUT2D eigenvalue weighted by Gasteiger charge is 2.54. The van der Waals surface area contributed by atoms with E-state index in [9.17, 15) is 9.67 Å². The number of alkyl halides is 1. The number of anilines is 2. The number of ether oxygens (including phenoxy) is 1. The van der Waals surface area contributed by atoms with Crippen molar-refractivity contribution in [2.75, 3.05) is 31.3 Å². The molecule has 2 aromatic heterocycles. The number of aliphatic hydroxyl groups excluding tert-OH is 1. The average Bonchev–Trinajstić information content (AvgIpc) is 3.32. The predicted octanol–water partition coefficient (Wildman–Crippen LogP) is 2.38. The largest absolute Gasteiger partial charge is 0.426 e. The number of halogens is 1. The lowest BCUT2D eigenvalue weighted by atomic mass is 9.99. The molecule has 13 heteroatoms. The summed E-state index contributed by atoms with van der Waals surface area (Å²) in [5, 5.41) is 16.3. The normalized spacial score (nSPS) is 26.2. The molecule has 3 aromatic rings. The molecule has 0 bridgehead atoms. The molecule has 0 radical (unpaired) electrons. The van der Waals surface area contributed by atoms with Crippen LogP contribution in [0.4, 0.5) is 16.2 Å². The third-order valence-corrected chi connectivity index (χ3v) is 5.95. The Hall–Kier alpha value is -2.79. The maximum Gasteiger partial charge on any atom is 0.367 e. The molecule has 11 nitrogen and oxygen atoms in total. The van der Waals surface area contributed by atoms with Crippen LogP contribution in [-0.4, -0.2) is 63.2 Å². The fourth-order valence-electron chi connectivity index (χ4n) is 3.44. The molecule has 5 atom stereocenters. The molecule has 3 heterocycles. The number of aliphatic hydroxyl groups is 1. The zero-order valence-corrected chi connectivity index (χ0v) is 18.7. The summed E-state index contributed by atoms with van der Waals surface area (Å²) in [6.45, 7) is 1.13. The number of nitrogens with one attached hydrogen (secondary N) is 2. The summed E-state index contributed by atoms with van der Waals surface area (Å²) in [6.07, 6.45) is -3.22. The van der Waals surface area contributed by atoms with Gasteiger partial charge in [-0.15, -0.1) is 0 Å². The molecule has 1 fully saturated rings. The molecular formula is C19H24FN6O5P. The van der Waals surface area contributed by atoms with Crippen molar-refractivity contribution < 1.29 is 27.8 Å².